The van der Waals surface area contributed by atoms with E-state index in [9.17, 15) is 13.2 Å². The summed E-state index contributed by atoms with van der Waals surface area (Å²) in [5.41, 5.74) is 3.12. The Morgan fingerprint density at radius 1 is 0.971 bits per heavy atom. The van der Waals surface area contributed by atoms with Gasteiger partial charge in [-0.05, 0) is 75.4 Å². The molecule has 2 N–H and O–H groups in total. The first-order chi connectivity index (χ1) is 16.7. The lowest BCUT2D eigenvalue weighted by atomic mass is 9.99. The number of fused-ring (bicyclic) bond motifs is 1. The third-order valence-corrected chi connectivity index (χ3v) is 8.95. The van der Waals surface area contributed by atoms with Gasteiger partial charge >= 0.3 is 0 Å². The number of carbonyl (C=O) groups is 1. The van der Waals surface area contributed by atoms with E-state index in [4.69, 9.17) is 4.98 Å². The number of sulfonamides is 1. The van der Waals surface area contributed by atoms with Gasteiger partial charge in [-0.2, -0.15) is 0 Å². The van der Waals surface area contributed by atoms with E-state index in [0.717, 1.165) is 19.0 Å². The van der Waals surface area contributed by atoms with E-state index in [1.165, 1.54) is 0 Å². The van der Waals surface area contributed by atoms with Crippen LogP contribution in [0.1, 0.15) is 35.3 Å². The molecule has 0 radical (unpaired) electrons. The highest BCUT2D eigenvalue weighted by atomic mass is 127. The minimum Gasteiger partial charge on any atom is -0.345 e. The molecule has 180 valence electrons. The summed E-state index contributed by atoms with van der Waals surface area (Å²) < 4.78 is 29.6. The third kappa shape index (κ3) is 5.95. The highest BCUT2D eigenvalue weighted by Crippen LogP contribution is 2.35. The molecule has 0 bridgehead atoms. The molecule has 0 aliphatic rings. The first-order valence-electron chi connectivity index (χ1n) is 10.9. The van der Waals surface area contributed by atoms with Gasteiger partial charge in [0.2, 0.25) is 10.0 Å². The van der Waals surface area contributed by atoms with Crippen molar-refractivity contribution in [2.45, 2.75) is 19.4 Å². The number of para-hydroxylation sites is 1. The second kappa shape index (κ2) is 10.8. The van der Waals surface area contributed by atoms with Gasteiger partial charge in [-0.3, -0.25) is 9.52 Å². The van der Waals surface area contributed by atoms with Crippen molar-refractivity contribution in [1.29, 1.82) is 0 Å². The molecule has 0 spiro atoms. The molecule has 0 aliphatic carbocycles. The summed E-state index contributed by atoms with van der Waals surface area (Å²) >= 11 is 4.56. The quantitative estimate of drug-likeness (QED) is 0.219. The number of hydrogen-bond donors (Lipinski definition) is 2. The van der Waals surface area contributed by atoms with Crippen LogP contribution in [0.5, 0.6) is 0 Å². The van der Waals surface area contributed by atoms with Crippen LogP contribution in [0.15, 0.2) is 72.8 Å². The Kier molecular flexibility index (Phi) is 7.96. The van der Waals surface area contributed by atoms with Gasteiger partial charge in [0.15, 0.2) is 0 Å². The number of pyridine rings is 1. The van der Waals surface area contributed by atoms with E-state index in [1.54, 1.807) is 6.07 Å². The van der Waals surface area contributed by atoms with Crippen molar-refractivity contribution in [2.75, 3.05) is 11.0 Å². The Morgan fingerprint density at radius 2 is 1.66 bits per heavy atom. The highest BCUT2D eigenvalue weighted by Gasteiger charge is 2.25. The molecular formula is C26H23I2N3O3S. The predicted octanol–water partition coefficient (Wildman–Crippen LogP) is 6.36. The van der Waals surface area contributed by atoms with Crippen LogP contribution in [0.4, 0.5) is 5.69 Å². The Hall–Kier alpha value is -2.25. The molecule has 6 nitrogen and oxygen atoms in total. The van der Waals surface area contributed by atoms with Crippen LogP contribution >= 0.6 is 45.2 Å². The zero-order valence-electron chi connectivity index (χ0n) is 19.0. The number of hydrogen-bond acceptors (Lipinski definition) is 4. The summed E-state index contributed by atoms with van der Waals surface area (Å²) in [6.45, 7) is 2.01. The smallest absolute Gasteiger partial charge is 0.254 e. The first-order valence-corrected chi connectivity index (χ1v) is 14.9. The number of nitrogens with one attached hydrogen (secondary N) is 2. The fraction of sp³-hybridized carbons (Fsp3) is 0.154. The van der Waals surface area contributed by atoms with Crippen molar-refractivity contribution in [2.24, 2.45) is 0 Å². The van der Waals surface area contributed by atoms with Gasteiger partial charge in [0, 0.05) is 18.1 Å². The first kappa shape index (κ1) is 25.8. The fourth-order valence-corrected chi connectivity index (χ4v) is 5.36. The lowest BCUT2D eigenvalue weighted by molar-refractivity contribution is 0.0938. The van der Waals surface area contributed by atoms with Crippen LogP contribution < -0.4 is 10.0 Å². The topological polar surface area (TPSA) is 88.2 Å². The number of carbonyl (C=O) groups excluding carboxylic acids is 1. The molecule has 1 aromatic heterocycles. The summed E-state index contributed by atoms with van der Waals surface area (Å²) in [5, 5.41) is 3.71. The average molecular weight is 711 g/mol. The monoisotopic (exact) mass is 711 g/mol. The molecule has 0 saturated carbocycles. The standard InChI is InChI=1S/C26H23I2N3O3S/c1-3-21(17-13-14-19(27)20(28)15-17)30-26(32)23-18-11-7-8-12-22(18)29-24(16-9-5-4-6-10-16)25(23)31-35(2,33)34/h4-15,21,31H,3H2,1-2H3,(H,30,32)/t21-/m0/s1. The molecule has 4 rings (SSSR count). The minimum absolute atomic E-state index is 0.168. The molecule has 0 fully saturated rings. The van der Waals surface area contributed by atoms with Crippen molar-refractivity contribution in [3.05, 3.63) is 91.1 Å². The molecule has 35 heavy (non-hydrogen) atoms. The van der Waals surface area contributed by atoms with Crippen LogP contribution in [0.25, 0.3) is 22.2 Å². The average Bonchev–Trinajstić information content (AvgIpc) is 2.83. The molecule has 1 amide bonds. The maximum atomic E-state index is 13.9. The van der Waals surface area contributed by atoms with E-state index < -0.39 is 10.0 Å². The number of amides is 1. The molecule has 0 unspecified atom stereocenters. The number of rotatable bonds is 7. The Bertz CT molecular complexity index is 1510. The van der Waals surface area contributed by atoms with Gasteiger partial charge in [-0.1, -0.05) is 61.5 Å². The van der Waals surface area contributed by atoms with Crippen LogP contribution in [0, 0.1) is 7.14 Å². The zero-order valence-corrected chi connectivity index (χ0v) is 24.2. The minimum atomic E-state index is -3.70. The van der Waals surface area contributed by atoms with Gasteiger partial charge in [-0.15, -0.1) is 0 Å². The predicted molar refractivity (Wildman–Crippen MR) is 158 cm³/mol. The molecule has 4 aromatic rings. The van der Waals surface area contributed by atoms with Gasteiger partial charge in [0.25, 0.3) is 5.91 Å². The highest BCUT2D eigenvalue weighted by molar-refractivity contribution is 14.1. The SMILES string of the molecule is CC[C@H](NC(=O)c1c(NS(C)(=O)=O)c(-c2ccccc2)nc2ccccc12)c1ccc(I)c(I)c1. The van der Waals surface area contributed by atoms with Crippen LogP contribution in [-0.4, -0.2) is 25.6 Å². The molecule has 1 heterocycles. The lowest BCUT2D eigenvalue weighted by Crippen LogP contribution is -2.30. The zero-order chi connectivity index (χ0) is 25.2. The largest absolute Gasteiger partial charge is 0.345 e. The van der Waals surface area contributed by atoms with Gasteiger partial charge in [0.1, 0.15) is 0 Å². The molecular weight excluding hydrogens is 688 g/mol. The van der Waals surface area contributed by atoms with Crippen molar-refractivity contribution in [1.82, 2.24) is 10.3 Å². The summed E-state index contributed by atoms with van der Waals surface area (Å²) in [7, 11) is -3.70. The van der Waals surface area contributed by atoms with Gasteiger partial charge < -0.3 is 5.32 Å². The van der Waals surface area contributed by atoms with Crippen LogP contribution in [0.2, 0.25) is 0 Å². The van der Waals surface area contributed by atoms with E-state index >= 15 is 0 Å². The number of aromatic nitrogens is 1. The molecule has 1 atom stereocenters. The lowest BCUT2D eigenvalue weighted by Gasteiger charge is -2.22. The third-order valence-electron chi connectivity index (χ3n) is 5.51. The second-order valence-electron chi connectivity index (χ2n) is 8.08. The fourth-order valence-electron chi connectivity index (χ4n) is 3.92. The summed E-state index contributed by atoms with van der Waals surface area (Å²) in [6, 6.07) is 22.4. The number of anilines is 1. The van der Waals surface area contributed by atoms with Gasteiger partial charge in [0.05, 0.1) is 34.8 Å². The second-order valence-corrected chi connectivity index (χ2v) is 12.1. The Labute approximate surface area is 232 Å². The van der Waals surface area contributed by atoms with E-state index in [0.29, 0.717) is 28.6 Å². The molecule has 9 heteroatoms. The van der Waals surface area contributed by atoms with E-state index in [1.807, 2.05) is 67.6 Å². The maximum absolute atomic E-state index is 13.9. The van der Waals surface area contributed by atoms with Crippen molar-refractivity contribution < 1.29 is 13.2 Å². The Morgan fingerprint density at radius 3 is 2.31 bits per heavy atom. The summed E-state index contributed by atoms with van der Waals surface area (Å²) in [4.78, 5) is 18.6. The van der Waals surface area contributed by atoms with Gasteiger partial charge in [-0.25, -0.2) is 13.4 Å². The number of benzene rings is 3. The molecule has 3 aromatic carbocycles. The van der Waals surface area contributed by atoms with Crippen molar-refractivity contribution >= 4 is 77.7 Å². The summed E-state index contributed by atoms with van der Waals surface area (Å²) in [6.07, 6.45) is 1.74. The number of halogens is 2. The maximum Gasteiger partial charge on any atom is 0.254 e. The van der Waals surface area contributed by atoms with Crippen molar-refractivity contribution in [3.8, 4) is 11.3 Å². The normalized spacial score (nSPS) is 12.3. The number of nitrogens with zero attached hydrogens (tertiary/aromatic N) is 1. The van der Waals surface area contributed by atoms with Crippen LogP contribution in [-0.2, 0) is 10.0 Å². The summed E-state index contributed by atoms with van der Waals surface area (Å²) in [5.74, 6) is -0.368. The van der Waals surface area contributed by atoms with E-state index in [-0.39, 0.29) is 23.2 Å². The molecule has 0 aliphatic heterocycles. The van der Waals surface area contributed by atoms with E-state index in [2.05, 4.69) is 61.3 Å². The van der Waals surface area contributed by atoms with Crippen molar-refractivity contribution in [3.63, 3.8) is 0 Å². The van der Waals surface area contributed by atoms with Crippen LogP contribution in [0.3, 0.4) is 0 Å². The Balaban J connectivity index is 1.91. The molecule has 0 saturated heterocycles.